The summed E-state index contributed by atoms with van der Waals surface area (Å²) in [5.41, 5.74) is 1.34. The van der Waals surface area contributed by atoms with E-state index in [9.17, 15) is 4.79 Å². The molecule has 0 aromatic carbocycles. The van der Waals surface area contributed by atoms with Crippen LogP contribution in [0.3, 0.4) is 0 Å². The fourth-order valence-electron chi connectivity index (χ4n) is 4.29. The van der Waals surface area contributed by atoms with E-state index in [4.69, 9.17) is 4.74 Å². The summed E-state index contributed by atoms with van der Waals surface area (Å²) in [4.78, 5) is 25.9. The number of ether oxygens (including phenoxy) is 1. The van der Waals surface area contributed by atoms with Gasteiger partial charge < -0.3 is 9.64 Å². The normalized spacial score (nSPS) is 23.5. The highest BCUT2D eigenvalue weighted by Crippen LogP contribution is 2.39. The maximum atomic E-state index is 12.7. The minimum absolute atomic E-state index is 0.0609. The molecule has 1 aliphatic heterocycles. The number of piperidine rings is 1. The summed E-state index contributed by atoms with van der Waals surface area (Å²) in [6, 6.07) is 0.582. The summed E-state index contributed by atoms with van der Waals surface area (Å²) in [6.07, 6.45) is 9.53. The lowest BCUT2D eigenvalue weighted by Gasteiger charge is -2.38. The highest BCUT2D eigenvalue weighted by molar-refractivity contribution is 7.18. The Kier molecular flexibility index (Phi) is 4.63. The predicted octanol–water partition coefficient (Wildman–Crippen LogP) is 3.74. The van der Waals surface area contributed by atoms with Gasteiger partial charge >= 0.3 is 0 Å². The van der Waals surface area contributed by atoms with E-state index in [1.807, 2.05) is 4.90 Å². The monoisotopic (exact) mass is 359 g/mol. The molecule has 2 aromatic heterocycles. The van der Waals surface area contributed by atoms with Gasteiger partial charge in [-0.25, -0.2) is 9.97 Å². The van der Waals surface area contributed by atoms with Gasteiger partial charge in [0.15, 0.2) is 6.61 Å². The summed E-state index contributed by atoms with van der Waals surface area (Å²) in [6.45, 7) is 4.32. The standard InChI is InChI=1S/C19H25N3O2S/c1-12-6-5-7-13(2)22(12)16(23)10-24-18-17-14-8-3-4-9-15(14)25-19(17)21-11-20-18/h11-13H,3-10H2,1-2H3/t12-,13-/m0/s1. The minimum atomic E-state index is 0.0609. The Morgan fingerprint density at radius 1 is 1.20 bits per heavy atom. The van der Waals surface area contributed by atoms with E-state index in [0.717, 1.165) is 35.9 Å². The second-order valence-corrected chi connectivity index (χ2v) is 8.37. The van der Waals surface area contributed by atoms with Gasteiger partial charge in [-0.05, 0) is 64.4 Å². The first-order chi connectivity index (χ1) is 12.1. The Bertz CT molecular complexity index is 778. The van der Waals surface area contributed by atoms with Gasteiger partial charge in [0.2, 0.25) is 5.88 Å². The van der Waals surface area contributed by atoms with E-state index >= 15 is 0 Å². The summed E-state index contributed by atoms with van der Waals surface area (Å²) in [5, 5.41) is 1.04. The van der Waals surface area contributed by atoms with Crippen LogP contribution >= 0.6 is 11.3 Å². The molecular weight excluding hydrogens is 334 g/mol. The largest absolute Gasteiger partial charge is 0.467 e. The van der Waals surface area contributed by atoms with Gasteiger partial charge in [-0.3, -0.25) is 4.79 Å². The fourth-order valence-corrected chi connectivity index (χ4v) is 5.51. The number of fused-ring (bicyclic) bond motifs is 3. The molecule has 25 heavy (non-hydrogen) atoms. The smallest absolute Gasteiger partial charge is 0.261 e. The van der Waals surface area contributed by atoms with E-state index in [2.05, 4.69) is 23.8 Å². The molecule has 1 aliphatic carbocycles. The zero-order chi connectivity index (χ0) is 17.4. The van der Waals surface area contributed by atoms with Crippen molar-refractivity contribution in [3.63, 3.8) is 0 Å². The zero-order valence-corrected chi connectivity index (χ0v) is 15.8. The quantitative estimate of drug-likeness (QED) is 0.838. The third kappa shape index (κ3) is 3.12. The number of hydrogen-bond donors (Lipinski definition) is 0. The molecule has 1 fully saturated rings. The SMILES string of the molecule is C[C@H]1CCC[C@H](C)N1C(=O)COc1ncnc2sc3c(c12)CCCC3. The number of nitrogens with zero attached hydrogens (tertiary/aromatic N) is 3. The van der Waals surface area contributed by atoms with Crippen LogP contribution < -0.4 is 4.74 Å². The average Bonchev–Trinajstić information content (AvgIpc) is 2.99. The van der Waals surface area contributed by atoms with Gasteiger partial charge in [-0.15, -0.1) is 11.3 Å². The first kappa shape index (κ1) is 16.8. The van der Waals surface area contributed by atoms with Crippen LogP contribution in [-0.4, -0.2) is 39.5 Å². The molecule has 0 radical (unpaired) electrons. The molecule has 0 spiro atoms. The molecule has 5 nitrogen and oxygen atoms in total. The number of aryl methyl sites for hydroxylation is 2. The second-order valence-electron chi connectivity index (χ2n) is 7.29. The lowest BCUT2D eigenvalue weighted by atomic mass is 9.97. The number of carbonyl (C=O) groups excluding carboxylic acids is 1. The van der Waals surface area contributed by atoms with Crippen LogP contribution in [0.15, 0.2) is 6.33 Å². The molecule has 1 amide bonds. The van der Waals surface area contributed by atoms with Crippen molar-refractivity contribution < 1.29 is 9.53 Å². The lowest BCUT2D eigenvalue weighted by Crippen LogP contribution is -2.49. The third-order valence-corrected chi connectivity index (χ3v) is 6.73. The second kappa shape index (κ2) is 6.90. The van der Waals surface area contributed by atoms with Crippen LogP contribution in [0.1, 0.15) is 56.4 Å². The maximum Gasteiger partial charge on any atom is 0.261 e. The van der Waals surface area contributed by atoms with Crippen molar-refractivity contribution in [3.05, 3.63) is 16.8 Å². The van der Waals surface area contributed by atoms with Gasteiger partial charge in [0, 0.05) is 17.0 Å². The first-order valence-corrected chi connectivity index (χ1v) is 10.2. The number of hydrogen-bond acceptors (Lipinski definition) is 5. The molecular formula is C19H25N3O2S. The van der Waals surface area contributed by atoms with E-state index < -0.39 is 0 Å². The third-order valence-electron chi connectivity index (χ3n) is 5.53. The molecule has 0 unspecified atom stereocenters. The topological polar surface area (TPSA) is 55.3 Å². The van der Waals surface area contributed by atoms with Crippen molar-refractivity contribution in [1.29, 1.82) is 0 Å². The number of aromatic nitrogens is 2. The highest BCUT2D eigenvalue weighted by Gasteiger charge is 2.29. The van der Waals surface area contributed by atoms with Crippen molar-refractivity contribution >= 4 is 27.5 Å². The van der Waals surface area contributed by atoms with Crippen LogP contribution in [-0.2, 0) is 17.6 Å². The van der Waals surface area contributed by atoms with Crippen LogP contribution in [0.2, 0.25) is 0 Å². The molecule has 4 rings (SSSR count). The number of rotatable bonds is 3. The van der Waals surface area contributed by atoms with Gasteiger partial charge in [-0.1, -0.05) is 0 Å². The molecule has 0 N–H and O–H groups in total. The average molecular weight is 359 g/mol. The molecule has 0 bridgehead atoms. The number of likely N-dealkylation sites (tertiary alicyclic amines) is 1. The maximum absolute atomic E-state index is 12.7. The predicted molar refractivity (Wildman–Crippen MR) is 99.2 cm³/mol. The summed E-state index contributed by atoms with van der Waals surface area (Å²) < 4.78 is 5.92. The molecule has 2 aromatic rings. The van der Waals surface area contributed by atoms with Crippen molar-refractivity contribution in [2.24, 2.45) is 0 Å². The summed E-state index contributed by atoms with van der Waals surface area (Å²) >= 11 is 1.75. The van der Waals surface area contributed by atoms with Crippen LogP contribution in [0.4, 0.5) is 0 Å². The lowest BCUT2D eigenvalue weighted by molar-refractivity contribution is -0.139. The van der Waals surface area contributed by atoms with E-state index in [1.165, 1.54) is 29.7 Å². The summed E-state index contributed by atoms with van der Waals surface area (Å²) in [7, 11) is 0. The molecule has 6 heteroatoms. The number of thiophene rings is 1. The minimum Gasteiger partial charge on any atom is -0.467 e. The molecule has 3 heterocycles. The molecule has 0 saturated carbocycles. The number of amides is 1. The van der Waals surface area contributed by atoms with E-state index in [1.54, 1.807) is 17.7 Å². The Hall–Kier alpha value is -1.69. The Balaban J connectivity index is 1.55. The highest BCUT2D eigenvalue weighted by atomic mass is 32.1. The van der Waals surface area contributed by atoms with E-state index in [-0.39, 0.29) is 12.5 Å². The van der Waals surface area contributed by atoms with Gasteiger partial charge in [0.25, 0.3) is 5.91 Å². The zero-order valence-electron chi connectivity index (χ0n) is 15.0. The molecule has 2 aliphatic rings. The van der Waals surface area contributed by atoms with Gasteiger partial charge in [0.1, 0.15) is 11.2 Å². The molecule has 134 valence electrons. The van der Waals surface area contributed by atoms with Crippen molar-refractivity contribution in [1.82, 2.24) is 14.9 Å². The number of carbonyl (C=O) groups is 1. The van der Waals surface area contributed by atoms with Crippen molar-refractivity contribution in [2.45, 2.75) is 70.9 Å². The molecule has 1 saturated heterocycles. The molecule has 2 atom stereocenters. The van der Waals surface area contributed by atoms with Gasteiger partial charge in [0.05, 0.1) is 5.39 Å². The fraction of sp³-hybridized carbons (Fsp3) is 0.632. The van der Waals surface area contributed by atoms with Crippen molar-refractivity contribution in [3.8, 4) is 5.88 Å². The Labute approximate surface area is 152 Å². The Morgan fingerprint density at radius 2 is 1.96 bits per heavy atom. The van der Waals surface area contributed by atoms with Crippen LogP contribution in [0.5, 0.6) is 5.88 Å². The van der Waals surface area contributed by atoms with Crippen molar-refractivity contribution in [2.75, 3.05) is 6.61 Å². The van der Waals surface area contributed by atoms with Crippen LogP contribution in [0.25, 0.3) is 10.2 Å². The van der Waals surface area contributed by atoms with Gasteiger partial charge in [-0.2, -0.15) is 0 Å². The van der Waals surface area contributed by atoms with Crippen LogP contribution in [0, 0.1) is 0 Å². The first-order valence-electron chi connectivity index (χ1n) is 9.34. The Morgan fingerprint density at radius 3 is 2.76 bits per heavy atom. The van der Waals surface area contributed by atoms with E-state index in [0.29, 0.717) is 18.0 Å². The summed E-state index contributed by atoms with van der Waals surface area (Å²) in [5.74, 6) is 0.644.